The van der Waals surface area contributed by atoms with Crippen LogP contribution in [0.25, 0.3) is 10.1 Å². The van der Waals surface area contributed by atoms with Gasteiger partial charge in [0.15, 0.2) is 5.13 Å². The second-order valence-electron chi connectivity index (χ2n) is 7.01. The summed E-state index contributed by atoms with van der Waals surface area (Å²) in [5.74, 6) is 0. The maximum Gasteiger partial charge on any atom is 0.416 e. The van der Waals surface area contributed by atoms with E-state index in [1.54, 1.807) is 4.90 Å². The lowest BCUT2D eigenvalue weighted by atomic mass is 10.1. The number of hydrogen-bond donors (Lipinski definition) is 0. The summed E-state index contributed by atoms with van der Waals surface area (Å²) in [5, 5.41) is 11.1. The van der Waals surface area contributed by atoms with Crippen LogP contribution in [0.15, 0.2) is 27.2 Å². The number of rotatable bonds is 4. The van der Waals surface area contributed by atoms with Crippen molar-refractivity contribution in [1.82, 2.24) is 9.29 Å². The highest BCUT2D eigenvalue weighted by atomic mass is 35.5. The lowest BCUT2D eigenvalue weighted by Crippen LogP contribution is -2.48. The van der Waals surface area contributed by atoms with Gasteiger partial charge in [-0.3, -0.25) is 14.9 Å². The number of nitro groups is 1. The zero-order valence-corrected chi connectivity index (χ0v) is 20.5. The number of benzene rings is 1. The molecule has 0 amide bonds. The van der Waals surface area contributed by atoms with Gasteiger partial charge >= 0.3 is 6.18 Å². The summed E-state index contributed by atoms with van der Waals surface area (Å²) in [6, 6.07) is 2.17. The molecule has 3 heterocycles. The van der Waals surface area contributed by atoms with Crippen molar-refractivity contribution in [3.8, 4) is 0 Å². The molecule has 1 aromatic carbocycles. The number of thiophene rings is 1. The molecule has 3 aromatic rings. The topological polar surface area (TPSA) is 114 Å². The molecule has 0 radical (unpaired) electrons. The number of nitro benzene ring substituents is 1. The molecule has 1 fully saturated rings. The number of alkyl halides is 3. The zero-order chi connectivity index (χ0) is 25.0. The fourth-order valence-electron chi connectivity index (χ4n) is 3.28. The minimum Gasteiger partial charge on any atom is -0.345 e. The lowest BCUT2D eigenvalue weighted by molar-refractivity contribution is -0.383. The van der Waals surface area contributed by atoms with E-state index in [0.717, 1.165) is 11.3 Å². The maximum absolute atomic E-state index is 13.1. The average molecular weight is 575 g/mol. The molecule has 4 rings (SSSR count). The molecule has 1 aliphatic rings. The maximum atomic E-state index is 13.1. The Morgan fingerprint density at radius 1 is 1.09 bits per heavy atom. The quantitative estimate of drug-likeness (QED) is 0.333. The fraction of sp³-hybridized carbons (Fsp3) is 0.294. The summed E-state index contributed by atoms with van der Waals surface area (Å²) in [6.07, 6.45) is -4.88. The highest BCUT2D eigenvalue weighted by Gasteiger charge is 2.35. The molecule has 0 N–H and O–H groups in total. The molecule has 1 saturated heterocycles. The van der Waals surface area contributed by atoms with E-state index in [-0.39, 0.29) is 49.6 Å². The third kappa shape index (κ3) is 4.59. The average Bonchev–Trinajstić information content (AvgIpc) is 3.11. The summed E-state index contributed by atoms with van der Waals surface area (Å²) < 4.78 is 66.1. The first-order chi connectivity index (χ1) is 15.8. The normalized spacial score (nSPS) is 15.7. The van der Waals surface area contributed by atoms with E-state index in [1.807, 2.05) is 0 Å². The van der Waals surface area contributed by atoms with E-state index in [4.69, 9.17) is 23.2 Å². The van der Waals surface area contributed by atoms with Crippen molar-refractivity contribution in [3.63, 3.8) is 0 Å². The monoisotopic (exact) mass is 574 g/mol. The van der Waals surface area contributed by atoms with Crippen LogP contribution in [0.1, 0.15) is 5.56 Å². The second kappa shape index (κ2) is 8.87. The summed E-state index contributed by atoms with van der Waals surface area (Å²) >= 11 is 13.2. The van der Waals surface area contributed by atoms with Crippen molar-refractivity contribution in [2.24, 2.45) is 0 Å². The van der Waals surface area contributed by atoms with Gasteiger partial charge in [0, 0.05) is 32.2 Å². The minimum absolute atomic E-state index is 0.00516. The Labute approximate surface area is 207 Å². The standard InChI is InChI=1S/C17H11Cl2F3N4O5S3/c18-10-7-12(32-14(10)19)34(30,31)25-3-1-24(2-4-25)16-23-15(27)9-5-8(17(20,21)22)6-11(26(28)29)13(9)33-16/h5-7H,1-4H2. The Hall–Kier alpha value is -2.04. The highest BCUT2D eigenvalue weighted by molar-refractivity contribution is 7.91. The minimum atomic E-state index is -4.88. The molecule has 2 aromatic heterocycles. The highest BCUT2D eigenvalue weighted by Crippen LogP contribution is 2.39. The van der Waals surface area contributed by atoms with Gasteiger partial charge < -0.3 is 4.90 Å². The largest absolute Gasteiger partial charge is 0.416 e. The number of aromatic nitrogens is 1. The zero-order valence-electron chi connectivity index (χ0n) is 16.5. The summed E-state index contributed by atoms with van der Waals surface area (Å²) in [4.78, 5) is 28.3. The molecule has 17 heteroatoms. The molecule has 0 aliphatic carbocycles. The van der Waals surface area contributed by atoms with Crippen LogP contribution in [0.2, 0.25) is 9.36 Å². The van der Waals surface area contributed by atoms with E-state index >= 15 is 0 Å². The van der Waals surface area contributed by atoms with Crippen LogP contribution >= 0.6 is 45.9 Å². The Kier molecular flexibility index (Phi) is 6.54. The van der Waals surface area contributed by atoms with E-state index in [1.165, 1.54) is 10.4 Å². The van der Waals surface area contributed by atoms with E-state index in [0.29, 0.717) is 23.5 Å². The third-order valence-corrected chi connectivity index (χ3v) is 10.3. The van der Waals surface area contributed by atoms with Crippen LogP contribution < -0.4 is 10.5 Å². The Morgan fingerprint density at radius 2 is 1.74 bits per heavy atom. The second-order valence-corrected chi connectivity index (χ2v) is 12.2. The van der Waals surface area contributed by atoms with Crippen molar-refractivity contribution >= 4 is 76.8 Å². The van der Waals surface area contributed by atoms with Crippen LogP contribution in [0.5, 0.6) is 0 Å². The van der Waals surface area contributed by atoms with E-state index < -0.39 is 43.3 Å². The molecule has 0 saturated carbocycles. The van der Waals surface area contributed by atoms with Gasteiger partial charge in [0.2, 0.25) is 0 Å². The molecule has 0 unspecified atom stereocenters. The molecular formula is C17H11Cl2F3N4O5S3. The summed E-state index contributed by atoms with van der Waals surface area (Å²) in [7, 11) is -3.87. The number of halogens is 5. The number of hydrogen-bond acceptors (Lipinski definition) is 9. The van der Waals surface area contributed by atoms with Crippen LogP contribution in [-0.4, -0.2) is 48.8 Å². The first kappa shape index (κ1) is 25.1. The van der Waals surface area contributed by atoms with Gasteiger partial charge in [0.05, 0.1) is 20.9 Å². The Morgan fingerprint density at radius 3 is 2.26 bits per heavy atom. The SMILES string of the molecule is O=c1nc(N2CCN(S(=O)(=O)c3cc(Cl)c(Cl)s3)CC2)sc2c([N+](=O)[O-])cc(C(F)(F)F)cc12. The summed E-state index contributed by atoms with van der Waals surface area (Å²) in [5.41, 5.74) is -3.22. The number of fused-ring (bicyclic) bond motifs is 1. The van der Waals surface area contributed by atoms with Gasteiger partial charge in [-0.2, -0.15) is 22.5 Å². The number of anilines is 1. The number of piperazine rings is 1. The molecule has 0 spiro atoms. The summed E-state index contributed by atoms with van der Waals surface area (Å²) in [6.45, 7) is 0.195. The van der Waals surface area contributed by atoms with Crippen LogP contribution in [0.4, 0.5) is 24.0 Å². The van der Waals surface area contributed by atoms with Crippen molar-refractivity contribution < 1.29 is 26.5 Å². The van der Waals surface area contributed by atoms with Gasteiger partial charge in [-0.25, -0.2) is 8.42 Å². The smallest absolute Gasteiger partial charge is 0.345 e. The molecule has 182 valence electrons. The predicted octanol–water partition coefficient (Wildman–Crippen LogP) is 4.46. The molecular weight excluding hydrogens is 564 g/mol. The van der Waals surface area contributed by atoms with Gasteiger partial charge in [-0.05, 0) is 12.1 Å². The van der Waals surface area contributed by atoms with Crippen molar-refractivity contribution in [2.75, 3.05) is 31.1 Å². The first-order valence-corrected chi connectivity index (χ1v) is 13.0. The van der Waals surface area contributed by atoms with Crippen molar-refractivity contribution in [3.05, 3.63) is 53.6 Å². The Bertz CT molecular complexity index is 1450. The van der Waals surface area contributed by atoms with Gasteiger partial charge in [0.1, 0.15) is 13.2 Å². The van der Waals surface area contributed by atoms with Crippen LogP contribution in [0, 0.1) is 10.1 Å². The molecule has 1 aliphatic heterocycles. The van der Waals surface area contributed by atoms with Crippen molar-refractivity contribution in [1.29, 1.82) is 0 Å². The third-order valence-electron chi connectivity index (χ3n) is 4.94. The molecule has 0 bridgehead atoms. The number of non-ortho nitro benzene ring substituents is 1. The lowest BCUT2D eigenvalue weighted by Gasteiger charge is -2.33. The van der Waals surface area contributed by atoms with Gasteiger partial charge in [0.25, 0.3) is 21.3 Å². The van der Waals surface area contributed by atoms with Gasteiger partial charge in [-0.1, -0.05) is 34.5 Å². The molecule has 0 atom stereocenters. The number of sulfonamides is 1. The van der Waals surface area contributed by atoms with Crippen LogP contribution in [-0.2, 0) is 16.2 Å². The molecule has 9 nitrogen and oxygen atoms in total. The number of nitrogens with zero attached hydrogens (tertiary/aromatic N) is 4. The van der Waals surface area contributed by atoms with Gasteiger partial charge in [-0.15, -0.1) is 11.3 Å². The van der Waals surface area contributed by atoms with E-state index in [2.05, 4.69) is 4.98 Å². The predicted molar refractivity (Wildman–Crippen MR) is 123 cm³/mol. The van der Waals surface area contributed by atoms with E-state index in [9.17, 15) is 36.5 Å². The van der Waals surface area contributed by atoms with Crippen LogP contribution in [0.3, 0.4) is 0 Å². The van der Waals surface area contributed by atoms with Crippen molar-refractivity contribution in [2.45, 2.75) is 10.4 Å². The molecule has 34 heavy (non-hydrogen) atoms. The fourth-order valence-corrected chi connectivity index (χ4v) is 7.85. The Balaban J connectivity index is 1.65. The first-order valence-electron chi connectivity index (χ1n) is 9.19.